The Hall–Kier alpha value is -2.66. The lowest BCUT2D eigenvalue weighted by molar-refractivity contribution is 0.0473. The molecular weight excluding hydrogens is 364 g/mol. The molecule has 0 atom stereocenters. The van der Waals surface area contributed by atoms with E-state index in [0.29, 0.717) is 28.0 Å². The average Bonchev–Trinajstić information content (AvgIpc) is 2.91. The fourth-order valence-corrected chi connectivity index (χ4v) is 3.62. The van der Waals surface area contributed by atoms with Crippen LogP contribution in [0, 0.1) is 0 Å². The number of aromatic nitrogens is 2. The minimum Gasteiger partial charge on any atom is -0.457 e. The Balaban J connectivity index is 1.61. The monoisotopic (exact) mass is 382 g/mol. The lowest BCUT2D eigenvalue weighted by atomic mass is 10.1. The molecule has 0 N–H and O–H groups in total. The van der Waals surface area contributed by atoms with E-state index in [1.807, 2.05) is 12.1 Å². The summed E-state index contributed by atoms with van der Waals surface area (Å²) in [5.74, 6) is 0.350. The molecule has 1 aliphatic rings. The molecule has 3 aromatic rings. The first kappa shape index (κ1) is 17.7. The van der Waals surface area contributed by atoms with Crippen molar-refractivity contribution >= 4 is 28.5 Å². The first-order valence-corrected chi connectivity index (χ1v) is 9.45. The molecule has 4 rings (SSSR count). The van der Waals surface area contributed by atoms with Crippen LogP contribution in [0.15, 0.2) is 47.3 Å². The van der Waals surface area contributed by atoms with E-state index in [-0.39, 0.29) is 12.2 Å². The molecule has 0 fully saturated rings. The van der Waals surface area contributed by atoms with Gasteiger partial charge in [-0.3, -0.25) is 9.36 Å². The third kappa shape index (κ3) is 3.74. The topological polar surface area (TPSA) is 61.2 Å². The van der Waals surface area contributed by atoms with Crippen molar-refractivity contribution in [1.82, 2.24) is 9.55 Å². The first-order valence-electron chi connectivity index (χ1n) is 9.07. The SMILES string of the molecule is O=C(OCc1cccc(Cl)c1)c1ccc2c(=O)n3c(nc2c1)CCCCC3. The van der Waals surface area contributed by atoms with E-state index < -0.39 is 5.97 Å². The lowest BCUT2D eigenvalue weighted by Gasteiger charge is -2.11. The Morgan fingerprint density at radius 2 is 2.04 bits per heavy atom. The van der Waals surface area contributed by atoms with Gasteiger partial charge in [-0.1, -0.05) is 30.2 Å². The summed E-state index contributed by atoms with van der Waals surface area (Å²) in [5, 5.41) is 1.13. The van der Waals surface area contributed by atoms with Crippen LogP contribution in [0.1, 0.15) is 41.0 Å². The van der Waals surface area contributed by atoms with Crippen LogP contribution < -0.4 is 5.56 Å². The summed E-state index contributed by atoms with van der Waals surface area (Å²) in [6.07, 6.45) is 3.90. The smallest absolute Gasteiger partial charge is 0.338 e. The highest BCUT2D eigenvalue weighted by atomic mass is 35.5. The number of carbonyl (C=O) groups excluding carboxylic acids is 1. The third-order valence-electron chi connectivity index (χ3n) is 4.81. The van der Waals surface area contributed by atoms with E-state index in [9.17, 15) is 9.59 Å². The van der Waals surface area contributed by atoms with Crippen LogP contribution in [-0.4, -0.2) is 15.5 Å². The molecule has 27 heavy (non-hydrogen) atoms. The number of halogens is 1. The zero-order valence-electron chi connectivity index (χ0n) is 14.8. The highest BCUT2D eigenvalue weighted by Crippen LogP contribution is 2.17. The number of carbonyl (C=O) groups is 1. The highest BCUT2D eigenvalue weighted by molar-refractivity contribution is 6.30. The molecule has 0 saturated carbocycles. The molecular formula is C21H19ClN2O3. The zero-order chi connectivity index (χ0) is 18.8. The van der Waals surface area contributed by atoms with Gasteiger partial charge in [-0.15, -0.1) is 0 Å². The minimum atomic E-state index is -0.450. The normalized spacial score (nSPS) is 13.8. The quantitative estimate of drug-likeness (QED) is 0.639. The van der Waals surface area contributed by atoms with Crippen molar-refractivity contribution in [3.8, 4) is 0 Å². The summed E-state index contributed by atoms with van der Waals surface area (Å²) >= 11 is 5.95. The highest BCUT2D eigenvalue weighted by Gasteiger charge is 2.16. The fourth-order valence-electron chi connectivity index (χ4n) is 3.40. The van der Waals surface area contributed by atoms with Crippen LogP contribution in [0.4, 0.5) is 0 Å². The molecule has 6 heteroatoms. The van der Waals surface area contributed by atoms with Crippen LogP contribution in [-0.2, 0) is 24.3 Å². The molecule has 0 radical (unpaired) electrons. The number of hydrogen-bond acceptors (Lipinski definition) is 4. The molecule has 2 heterocycles. The number of ether oxygens (including phenoxy) is 1. The molecule has 0 unspecified atom stereocenters. The van der Waals surface area contributed by atoms with Crippen molar-refractivity contribution in [2.45, 2.75) is 38.8 Å². The van der Waals surface area contributed by atoms with Crippen molar-refractivity contribution in [1.29, 1.82) is 0 Å². The summed E-state index contributed by atoms with van der Waals surface area (Å²) < 4.78 is 7.14. The largest absolute Gasteiger partial charge is 0.457 e. The van der Waals surface area contributed by atoms with E-state index in [1.54, 1.807) is 34.9 Å². The average molecular weight is 383 g/mol. The van der Waals surface area contributed by atoms with Gasteiger partial charge < -0.3 is 4.74 Å². The van der Waals surface area contributed by atoms with Gasteiger partial charge in [-0.05, 0) is 48.7 Å². The number of fused-ring (bicyclic) bond motifs is 2. The maximum absolute atomic E-state index is 12.7. The zero-order valence-corrected chi connectivity index (χ0v) is 15.5. The van der Waals surface area contributed by atoms with Crippen molar-refractivity contribution in [2.75, 3.05) is 0 Å². The van der Waals surface area contributed by atoms with Crippen molar-refractivity contribution < 1.29 is 9.53 Å². The Morgan fingerprint density at radius 1 is 1.15 bits per heavy atom. The second-order valence-electron chi connectivity index (χ2n) is 6.73. The second-order valence-corrected chi connectivity index (χ2v) is 7.17. The molecule has 2 aromatic carbocycles. The lowest BCUT2D eigenvalue weighted by Crippen LogP contribution is -2.24. The summed E-state index contributed by atoms with van der Waals surface area (Å²) in [6, 6.07) is 12.1. The number of aryl methyl sites for hydroxylation is 1. The van der Waals surface area contributed by atoms with Crippen LogP contribution in [0.2, 0.25) is 5.02 Å². The van der Waals surface area contributed by atoms with Gasteiger partial charge in [0.2, 0.25) is 0 Å². The molecule has 0 saturated heterocycles. The molecule has 1 aliphatic heterocycles. The van der Waals surface area contributed by atoms with Crippen LogP contribution in [0.25, 0.3) is 10.9 Å². The molecule has 5 nitrogen and oxygen atoms in total. The first-order chi connectivity index (χ1) is 13.1. The van der Waals surface area contributed by atoms with Gasteiger partial charge in [0.1, 0.15) is 12.4 Å². The molecule has 0 amide bonds. The molecule has 1 aromatic heterocycles. The van der Waals surface area contributed by atoms with E-state index in [0.717, 1.165) is 37.1 Å². The van der Waals surface area contributed by atoms with E-state index in [2.05, 4.69) is 4.98 Å². The molecule has 0 spiro atoms. The number of esters is 1. The van der Waals surface area contributed by atoms with Crippen molar-refractivity contribution in [3.05, 3.63) is 74.8 Å². The van der Waals surface area contributed by atoms with E-state index >= 15 is 0 Å². The van der Waals surface area contributed by atoms with Crippen LogP contribution in [0.3, 0.4) is 0 Å². The van der Waals surface area contributed by atoms with Gasteiger partial charge in [0.05, 0.1) is 16.5 Å². The standard InChI is InChI=1S/C21H19ClN2O3/c22-16-6-4-5-14(11-16)13-27-21(26)15-8-9-17-18(12-15)23-19-7-2-1-3-10-24(19)20(17)25/h4-6,8-9,11-12H,1-3,7,10,13H2. The fraction of sp³-hybridized carbons (Fsp3) is 0.286. The van der Waals surface area contributed by atoms with Gasteiger partial charge in [0.25, 0.3) is 5.56 Å². The van der Waals surface area contributed by atoms with Crippen LogP contribution >= 0.6 is 11.6 Å². The predicted octanol–water partition coefficient (Wildman–Crippen LogP) is 4.13. The Bertz CT molecular complexity index is 1070. The number of benzene rings is 2. The third-order valence-corrected chi connectivity index (χ3v) is 5.05. The van der Waals surface area contributed by atoms with Gasteiger partial charge in [0, 0.05) is 18.0 Å². The summed E-state index contributed by atoms with van der Waals surface area (Å²) in [4.78, 5) is 29.8. The van der Waals surface area contributed by atoms with E-state index in [1.165, 1.54) is 0 Å². The minimum absolute atomic E-state index is 0.0317. The maximum Gasteiger partial charge on any atom is 0.338 e. The summed E-state index contributed by atoms with van der Waals surface area (Å²) in [7, 11) is 0. The molecule has 138 valence electrons. The van der Waals surface area contributed by atoms with E-state index in [4.69, 9.17) is 16.3 Å². The van der Waals surface area contributed by atoms with Crippen LogP contribution in [0.5, 0.6) is 0 Å². The number of nitrogens with zero attached hydrogens (tertiary/aromatic N) is 2. The van der Waals surface area contributed by atoms with Gasteiger partial charge in [0.15, 0.2) is 0 Å². The number of rotatable bonds is 3. The molecule has 0 bridgehead atoms. The molecule has 0 aliphatic carbocycles. The predicted molar refractivity (Wildman–Crippen MR) is 104 cm³/mol. The number of hydrogen-bond donors (Lipinski definition) is 0. The Morgan fingerprint density at radius 3 is 2.89 bits per heavy atom. The Kier molecular flexibility index (Phi) is 4.94. The Labute approximate surface area is 161 Å². The van der Waals surface area contributed by atoms with Gasteiger partial charge in [-0.2, -0.15) is 0 Å². The van der Waals surface area contributed by atoms with Crippen molar-refractivity contribution in [2.24, 2.45) is 0 Å². The van der Waals surface area contributed by atoms with Gasteiger partial charge in [-0.25, -0.2) is 9.78 Å². The van der Waals surface area contributed by atoms with Crippen molar-refractivity contribution in [3.63, 3.8) is 0 Å². The summed E-state index contributed by atoms with van der Waals surface area (Å²) in [5.41, 5.74) is 1.72. The maximum atomic E-state index is 12.7. The second kappa shape index (κ2) is 7.53. The summed E-state index contributed by atoms with van der Waals surface area (Å²) in [6.45, 7) is 0.845. The van der Waals surface area contributed by atoms with Gasteiger partial charge >= 0.3 is 5.97 Å².